The van der Waals surface area contributed by atoms with Crippen LogP contribution in [0.4, 0.5) is 13.2 Å². The third kappa shape index (κ3) is 2.95. The molecule has 3 rings (SSSR count). The van der Waals surface area contributed by atoms with E-state index in [2.05, 4.69) is 10.3 Å². The number of imidazole rings is 1. The summed E-state index contributed by atoms with van der Waals surface area (Å²) in [5.41, 5.74) is 0.888. The van der Waals surface area contributed by atoms with Crippen molar-refractivity contribution in [1.82, 2.24) is 14.7 Å². The first-order valence-corrected chi connectivity index (χ1v) is 6.97. The summed E-state index contributed by atoms with van der Waals surface area (Å²) in [7, 11) is 0. The molecule has 2 heterocycles. The molecule has 0 saturated heterocycles. The number of carbonyl (C=O) groups is 1. The number of amides is 1. The molecule has 1 unspecified atom stereocenters. The quantitative estimate of drug-likeness (QED) is 0.719. The van der Waals surface area contributed by atoms with E-state index >= 15 is 0 Å². The number of hydrogen-bond acceptors (Lipinski definition) is 3. The third-order valence-electron chi connectivity index (χ3n) is 3.57. The van der Waals surface area contributed by atoms with Crippen LogP contribution in [0.15, 0.2) is 43.0 Å². The van der Waals surface area contributed by atoms with Crippen molar-refractivity contribution in [2.24, 2.45) is 0 Å². The number of pyridine rings is 1. The van der Waals surface area contributed by atoms with E-state index in [0.29, 0.717) is 5.52 Å². The number of benzene rings is 1. The molecule has 24 heavy (non-hydrogen) atoms. The van der Waals surface area contributed by atoms with Crippen molar-refractivity contribution in [3.8, 4) is 0 Å². The molecule has 124 valence electrons. The minimum atomic E-state index is -1.60. The second kappa shape index (κ2) is 6.32. The van der Waals surface area contributed by atoms with Crippen molar-refractivity contribution >= 4 is 11.4 Å². The first-order valence-electron chi connectivity index (χ1n) is 6.97. The van der Waals surface area contributed by atoms with Crippen LogP contribution in [-0.4, -0.2) is 27.0 Å². The lowest BCUT2D eigenvalue weighted by Crippen LogP contribution is -2.31. The van der Waals surface area contributed by atoms with Gasteiger partial charge in [0.25, 0.3) is 5.91 Å². The van der Waals surface area contributed by atoms with Gasteiger partial charge in [-0.15, -0.1) is 0 Å². The smallest absolute Gasteiger partial charge is 0.251 e. The number of halogens is 3. The number of rotatable bonds is 4. The average Bonchev–Trinajstić information content (AvgIpc) is 3.04. The topological polar surface area (TPSA) is 66.6 Å². The fourth-order valence-electron chi connectivity index (χ4n) is 2.31. The van der Waals surface area contributed by atoms with E-state index < -0.39 is 36.0 Å². The number of fused-ring (bicyclic) bond motifs is 1. The number of nitrogens with zero attached hydrogens (tertiary/aromatic N) is 2. The highest BCUT2D eigenvalue weighted by molar-refractivity contribution is 5.95. The van der Waals surface area contributed by atoms with Gasteiger partial charge in [-0.05, 0) is 29.8 Å². The molecule has 2 N–H and O–H groups in total. The molecule has 1 aromatic carbocycles. The number of aromatic nitrogens is 2. The van der Waals surface area contributed by atoms with Crippen LogP contribution in [0.1, 0.15) is 22.0 Å². The van der Waals surface area contributed by atoms with E-state index in [4.69, 9.17) is 0 Å². The van der Waals surface area contributed by atoms with Crippen LogP contribution in [0.3, 0.4) is 0 Å². The van der Waals surface area contributed by atoms with Gasteiger partial charge in [0.05, 0.1) is 30.7 Å². The highest BCUT2D eigenvalue weighted by Crippen LogP contribution is 2.20. The van der Waals surface area contributed by atoms with Gasteiger partial charge in [-0.1, -0.05) is 0 Å². The Labute approximate surface area is 134 Å². The highest BCUT2D eigenvalue weighted by atomic mass is 19.2. The number of hydrogen-bond donors (Lipinski definition) is 2. The third-order valence-corrected chi connectivity index (χ3v) is 3.57. The van der Waals surface area contributed by atoms with Gasteiger partial charge in [0, 0.05) is 11.8 Å². The lowest BCUT2D eigenvalue weighted by Gasteiger charge is -2.17. The van der Waals surface area contributed by atoms with Gasteiger partial charge in [-0.25, -0.2) is 18.2 Å². The highest BCUT2D eigenvalue weighted by Gasteiger charge is 2.19. The number of carbonyl (C=O) groups excluding carboxylic acids is 1. The van der Waals surface area contributed by atoms with E-state index in [1.807, 2.05) is 0 Å². The maximum Gasteiger partial charge on any atom is 0.251 e. The fourth-order valence-corrected chi connectivity index (χ4v) is 2.31. The van der Waals surface area contributed by atoms with Crippen LogP contribution in [0.2, 0.25) is 0 Å². The summed E-state index contributed by atoms with van der Waals surface area (Å²) in [6.45, 7) is -0.606. The molecule has 0 saturated carbocycles. The fraction of sp³-hybridized carbons (Fsp3) is 0.125. The monoisotopic (exact) mass is 335 g/mol. The SMILES string of the molecule is O=C(NC(CO)c1cc(F)c(F)c(F)c1)c1ccn2cncc2c1. The molecule has 0 radical (unpaired) electrons. The predicted molar refractivity (Wildman–Crippen MR) is 78.8 cm³/mol. The Balaban J connectivity index is 1.85. The molecule has 3 aromatic rings. The summed E-state index contributed by atoms with van der Waals surface area (Å²) < 4.78 is 41.3. The van der Waals surface area contributed by atoms with Gasteiger partial charge < -0.3 is 14.8 Å². The molecular formula is C16H12F3N3O2. The summed E-state index contributed by atoms with van der Waals surface area (Å²) in [6, 6.07) is 3.50. The molecule has 0 aliphatic carbocycles. The van der Waals surface area contributed by atoms with E-state index in [-0.39, 0.29) is 11.1 Å². The van der Waals surface area contributed by atoms with Crippen molar-refractivity contribution in [3.63, 3.8) is 0 Å². The van der Waals surface area contributed by atoms with Gasteiger partial charge >= 0.3 is 0 Å². The lowest BCUT2D eigenvalue weighted by molar-refractivity contribution is 0.0916. The van der Waals surface area contributed by atoms with Crippen LogP contribution in [0.25, 0.3) is 5.52 Å². The summed E-state index contributed by atoms with van der Waals surface area (Å²) in [5, 5.41) is 11.9. The summed E-state index contributed by atoms with van der Waals surface area (Å²) >= 11 is 0. The van der Waals surface area contributed by atoms with E-state index in [0.717, 1.165) is 12.1 Å². The average molecular weight is 335 g/mol. The second-order valence-corrected chi connectivity index (χ2v) is 5.15. The molecular weight excluding hydrogens is 323 g/mol. The molecule has 0 spiro atoms. The van der Waals surface area contributed by atoms with Crippen molar-refractivity contribution in [2.75, 3.05) is 6.61 Å². The summed E-state index contributed by atoms with van der Waals surface area (Å²) in [5.74, 6) is -4.94. The predicted octanol–water partition coefficient (Wildman–Crippen LogP) is 2.21. The first kappa shape index (κ1) is 16.0. The van der Waals surface area contributed by atoms with Gasteiger partial charge in [-0.3, -0.25) is 4.79 Å². The summed E-state index contributed by atoms with van der Waals surface area (Å²) in [6.07, 6.45) is 4.76. The van der Waals surface area contributed by atoms with Crippen molar-refractivity contribution < 1.29 is 23.1 Å². The first-order chi connectivity index (χ1) is 11.5. The van der Waals surface area contributed by atoms with Crippen molar-refractivity contribution in [1.29, 1.82) is 0 Å². The van der Waals surface area contributed by atoms with Crippen molar-refractivity contribution in [3.05, 3.63) is 71.6 Å². The largest absolute Gasteiger partial charge is 0.394 e. The molecule has 2 aromatic heterocycles. The summed E-state index contributed by atoms with van der Waals surface area (Å²) in [4.78, 5) is 16.2. The Hall–Kier alpha value is -2.87. The second-order valence-electron chi connectivity index (χ2n) is 5.15. The molecule has 0 bridgehead atoms. The molecule has 1 atom stereocenters. The minimum Gasteiger partial charge on any atom is -0.394 e. The molecule has 1 amide bonds. The van der Waals surface area contributed by atoms with Gasteiger partial charge in [0.1, 0.15) is 0 Å². The number of nitrogens with one attached hydrogen (secondary N) is 1. The van der Waals surface area contributed by atoms with Crippen LogP contribution in [0.5, 0.6) is 0 Å². The van der Waals surface area contributed by atoms with Gasteiger partial charge in [0.15, 0.2) is 17.5 Å². The molecule has 0 fully saturated rings. The number of aliphatic hydroxyl groups excluding tert-OH is 1. The zero-order valence-electron chi connectivity index (χ0n) is 12.2. The molecule has 0 aliphatic rings. The Morgan fingerprint density at radius 1 is 1.25 bits per heavy atom. The maximum absolute atomic E-state index is 13.3. The van der Waals surface area contributed by atoms with Crippen LogP contribution in [-0.2, 0) is 0 Å². The Kier molecular flexibility index (Phi) is 4.22. The van der Waals surface area contributed by atoms with E-state index in [1.165, 1.54) is 6.07 Å². The van der Waals surface area contributed by atoms with Crippen LogP contribution >= 0.6 is 0 Å². The molecule has 8 heteroatoms. The Bertz CT molecular complexity index is 887. The van der Waals surface area contributed by atoms with Gasteiger partial charge in [-0.2, -0.15) is 0 Å². The zero-order chi connectivity index (χ0) is 17.3. The maximum atomic E-state index is 13.3. The lowest BCUT2D eigenvalue weighted by atomic mass is 10.1. The molecule has 0 aliphatic heterocycles. The van der Waals surface area contributed by atoms with Crippen molar-refractivity contribution in [2.45, 2.75) is 6.04 Å². The van der Waals surface area contributed by atoms with E-state index in [1.54, 1.807) is 29.2 Å². The standard InChI is InChI=1S/C16H12F3N3O2/c17-12-4-10(5-13(18)15(12)19)14(7-23)21-16(24)9-1-2-22-8-20-6-11(22)3-9/h1-6,8,14,23H,7H2,(H,21,24). The Morgan fingerprint density at radius 3 is 2.62 bits per heavy atom. The number of aliphatic hydroxyl groups is 1. The zero-order valence-corrected chi connectivity index (χ0v) is 12.2. The van der Waals surface area contributed by atoms with Crippen LogP contribution < -0.4 is 5.32 Å². The minimum absolute atomic E-state index is 0.0762. The normalized spacial score (nSPS) is 12.3. The molecule has 5 nitrogen and oxygen atoms in total. The van der Waals surface area contributed by atoms with E-state index in [9.17, 15) is 23.1 Å². The van der Waals surface area contributed by atoms with Crippen LogP contribution in [0, 0.1) is 17.5 Å². The Morgan fingerprint density at radius 2 is 1.96 bits per heavy atom. The van der Waals surface area contributed by atoms with Gasteiger partial charge in [0.2, 0.25) is 0 Å².